The topological polar surface area (TPSA) is 57.2 Å². The van der Waals surface area contributed by atoms with Crippen molar-refractivity contribution in [2.45, 2.75) is 26.4 Å². The van der Waals surface area contributed by atoms with Crippen molar-refractivity contribution < 1.29 is 24.1 Å². The van der Waals surface area contributed by atoms with Crippen LogP contribution in [0.25, 0.3) is 0 Å². The second-order valence-electron chi connectivity index (χ2n) is 6.79. The normalized spacial score (nSPS) is 16.0. The van der Waals surface area contributed by atoms with E-state index in [1.807, 2.05) is 36.4 Å². The maximum atomic E-state index is 10.8. The van der Waals surface area contributed by atoms with Gasteiger partial charge < -0.3 is 24.1 Å². The van der Waals surface area contributed by atoms with Crippen molar-refractivity contribution in [2.24, 2.45) is 11.8 Å². The third kappa shape index (κ3) is 3.73. The molecule has 1 heterocycles. The minimum atomic E-state index is -0.570. The molecular weight excluding hydrogens is 332 g/mol. The molecule has 5 nitrogen and oxygen atoms in total. The van der Waals surface area contributed by atoms with Crippen molar-refractivity contribution >= 4 is 0 Å². The van der Waals surface area contributed by atoms with Crippen LogP contribution in [-0.2, 0) is 6.42 Å². The standard InChI is InChI=1S/C21H26O5/c1-13(9-15-5-7-17(23-3)19(10-15)24-4)14(2)21(22)16-6-8-18-20(11-16)26-12-25-18/h5-8,10-11,13-14,21-22H,9,12H2,1-4H3/t13-,14+,21+/m0/s1. The molecule has 0 radical (unpaired) electrons. The van der Waals surface area contributed by atoms with E-state index in [4.69, 9.17) is 18.9 Å². The first kappa shape index (κ1) is 18.4. The van der Waals surface area contributed by atoms with E-state index in [0.717, 1.165) is 34.8 Å². The van der Waals surface area contributed by atoms with Gasteiger partial charge in [-0.3, -0.25) is 0 Å². The van der Waals surface area contributed by atoms with Gasteiger partial charge in [0.05, 0.1) is 20.3 Å². The fourth-order valence-corrected chi connectivity index (χ4v) is 3.28. The van der Waals surface area contributed by atoms with Crippen molar-refractivity contribution in [1.82, 2.24) is 0 Å². The largest absolute Gasteiger partial charge is 0.493 e. The monoisotopic (exact) mass is 358 g/mol. The molecule has 2 aromatic carbocycles. The first-order valence-corrected chi connectivity index (χ1v) is 8.82. The Hall–Kier alpha value is -2.40. The highest BCUT2D eigenvalue weighted by atomic mass is 16.7. The van der Waals surface area contributed by atoms with Gasteiger partial charge in [0.25, 0.3) is 0 Å². The molecule has 0 spiro atoms. The maximum Gasteiger partial charge on any atom is 0.231 e. The molecule has 0 saturated heterocycles. The molecule has 0 bridgehead atoms. The van der Waals surface area contributed by atoms with E-state index in [0.29, 0.717) is 5.75 Å². The number of ether oxygens (including phenoxy) is 4. The molecular formula is C21H26O5. The Balaban J connectivity index is 1.70. The summed E-state index contributed by atoms with van der Waals surface area (Å²) in [5, 5.41) is 10.8. The van der Waals surface area contributed by atoms with Crippen LogP contribution in [0.1, 0.15) is 31.1 Å². The highest BCUT2D eigenvalue weighted by Crippen LogP contribution is 2.38. The molecule has 3 rings (SSSR count). The number of rotatable bonds is 7. The third-order valence-electron chi connectivity index (χ3n) is 5.14. The van der Waals surface area contributed by atoms with Gasteiger partial charge in [-0.2, -0.15) is 0 Å². The lowest BCUT2D eigenvalue weighted by molar-refractivity contribution is 0.0869. The fourth-order valence-electron chi connectivity index (χ4n) is 3.28. The van der Waals surface area contributed by atoms with Gasteiger partial charge in [0.1, 0.15) is 0 Å². The van der Waals surface area contributed by atoms with Crippen LogP contribution in [0, 0.1) is 11.8 Å². The molecule has 1 N–H and O–H groups in total. The SMILES string of the molecule is COc1ccc(C[C@H](C)[C@@H](C)[C@@H](O)c2ccc3c(c2)OCO3)cc1OC. The first-order valence-electron chi connectivity index (χ1n) is 8.82. The van der Waals surface area contributed by atoms with Crippen molar-refractivity contribution in [3.05, 3.63) is 47.5 Å². The Morgan fingerprint density at radius 1 is 0.962 bits per heavy atom. The summed E-state index contributed by atoms with van der Waals surface area (Å²) in [6, 6.07) is 11.6. The van der Waals surface area contributed by atoms with Crippen LogP contribution in [0.15, 0.2) is 36.4 Å². The van der Waals surface area contributed by atoms with Gasteiger partial charge in [-0.25, -0.2) is 0 Å². The molecule has 0 fully saturated rings. The Labute approximate surface area is 154 Å². The first-order chi connectivity index (χ1) is 12.5. The number of benzene rings is 2. The number of methoxy groups -OCH3 is 2. The average molecular weight is 358 g/mol. The quantitative estimate of drug-likeness (QED) is 0.811. The molecule has 0 saturated carbocycles. The number of aliphatic hydroxyl groups is 1. The summed E-state index contributed by atoms with van der Waals surface area (Å²) < 4.78 is 21.4. The molecule has 1 aliphatic heterocycles. The van der Waals surface area contributed by atoms with Crippen LogP contribution in [0.3, 0.4) is 0 Å². The number of hydrogen-bond acceptors (Lipinski definition) is 5. The summed E-state index contributed by atoms with van der Waals surface area (Å²) >= 11 is 0. The third-order valence-corrected chi connectivity index (χ3v) is 5.14. The molecule has 26 heavy (non-hydrogen) atoms. The Kier molecular flexibility index (Phi) is 5.57. The van der Waals surface area contributed by atoms with E-state index >= 15 is 0 Å². The van der Waals surface area contributed by atoms with Crippen molar-refractivity contribution in [3.63, 3.8) is 0 Å². The van der Waals surface area contributed by atoms with E-state index in [9.17, 15) is 5.11 Å². The van der Waals surface area contributed by atoms with Gasteiger partial charge >= 0.3 is 0 Å². The van der Waals surface area contributed by atoms with Gasteiger partial charge in [-0.15, -0.1) is 0 Å². The second-order valence-corrected chi connectivity index (χ2v) is 6.79. The van der Waals surface area contributed by atoms with Gasteiger partial charge in [0, 0.05) is 0 Å². The molecule has 1 aliphatic rings. The summed E-state index contributed by atoms with van der Waals surface area (Å²) in [6.07, 6.45) is 0.267. The summed E-state index contributed by atoms with van der Waals surface area (Å²) in [6.45, 7) is 4.46. The van der Waals surface area contributed by atoms with Crippen LogP contribution in [0.4, 0.5) is 0 Å². The van der Waals surface area contributed by atoms with E-state index in [1.54, 1.807) is 14.2 Å². The van der Waals surface area contributed by atoms with Gasteiger partial charge in [0.2, 0.25) is 6.79 Å². The van der Waals surface area contributed by atoms with Gasteiger partial charge in [-0.1, -0.05) is 26.0 Å². The van der Waals surface area contributed by atoms with E-state index < -0.39 is 6.10 Å². The molecule has 0 unspecified atom stereocenters. The number of hydrogen-bond donors (Lipinski definition) is 1. The Morgan fingerprint density at radius 2 is 1.69 bits per heavy atom. The zero-order chi connectivity index (χ0) is 18.7. The molecule has 2 aromatic rings. The average Bonchev–Trinajstić information content (AvgIpc) is 3.14. The predicted molar refractivity (Wildman–Crippen MR) is 99.1 cm³/mol. The van der Waals surface area contributed by atoms with Crippen LogP contribution in [0.2, 0.25) is 0 Å². The molecule has 3 atom stereocenters. The minimum absolute atomic E-state index is 0.0727. The molecule has 140 valence electrons. The predicted octanol–water partition coefficient (Wildman–Crippen LogP) is 3.98. The minimum Gasteiger partial charge on any atom is -0.493 e. The van der Waals surface area contributed by atoms with Crippen molar-refractivity contribution in [1.29, 1.82) is 0 Å². The van der Waals surface area contributed by atoms with Crippen molar-refractivity contribution in [2.75, 3.05) is 21.0 Å². The lowest BCUT2D eigenvalue weighted by Crippen LogP contribution is -2.19. The van der Waals surface area contributed by atoms with Crippen LogP contribution >= 0.6 is 0 Å². The van der Waals surface area contributed by atoms with Crippen LogP contribution < -0.4 is 18.9 Å². The van der Waals surface area contributed by atoms with Crippen molar-refractivity contribution in [3.8, 4) is 23.0 Å². The molecule has 5 heteroatoms. The number of fused-ring (bicyclic) bond motifs is 1. The lowest BCUT2D eigenvalue weighted by Gasteiger charge is -2.26. The maximum absolute atomic E-state index is 10.8. The van der Waals surface area contributed by atoms with E-state index in [-0.39, 0.29) is 18.6 Å². The highest BCUT2D eigenvalue weighted by Gasteiger charge is 2.25. The van der Waals surface area contributed by atoms with Gasteiger partial charge in [-0.05, 0) is 53.6 Å². The summed E-state index contributed by atoms with van der Waals surface area (Å²) in [7, 11) is 3.26. The second kappa shape index (κ2) is 7.87. The zero-order valence-corrected chi connectivity index (χ0v) is 15.7. The Morgan fingerprint density at radius 3 is 2.42 bits per heavy atom. The molecule has 0 aromatic heterocycles. The smallest absolute Gasteiger partial charge is 0.231 e. The number of aliphatic hydroxyl groups excluding tert-OH is 1. The highest BCUT2D eigenvalue weighted by molar-refractivity contribution is 5.45. The lowest BCUT2D eigenvalue weighted by atomic mass is 9.83. The Bertz CT molecular complexity index is 758. The van der Waals surface area contributed by atoms with Crippen LogP contribution in [-0.4, -0.2) is 26.1 Å². The summed E-state index contributed by atoms with van der Waals surface area (Å²) in [5.41, 5.74) is 2.00. The fraction of sp³-hybridized carbons (Fsp3) is 0.429. The van der Waals surface area contributed by atoms with Gasteiger partial charge in [0.15, 0.2) is 23.0 Å². The summed E-state index contributed by atoms with van der Waals surface area (Å²) in [5.74, 6) is 3.21. The zero-order valence-electron chi connectivity index (χ0n) is 15.7. The summed E-state index contributed by atoms with van der Waals surface area (Å²) in [4.78, 5) is 0. The molecule has 0 amide bonds. The van der Waals surface area contributed by atoms with E-state index in [2.05, 4.69) is 13.8 Å². The van der Waals surface area contributed by atoms with Crippen LogP contribution in [0.5, 0.6) is 23.0 Å². The van der Waals surface area contributed by atoms with E-state index in [1.165, 1.54) is 0 Å². The molecule has 0 aliphatic carbocycles.